The Kier molecular flexibility index (Phi) is 3.93. The number of anilines is 2. The van der Waals surface area contributed by atoms with Crippen LogP contribution in [0.5, 0.6) is 0 Å². The third-order valence-corrected chi connectivity index (χ3v) is 5.18. The molecule has 0 spiro atoms. The van der Waals surface area contributed by atoms with Gasteiger partial charge < -0.3 is 5.32 Å². The normalized spacial score (nSPS) is 11.0. The summed E-state index contributed by atoms with van der Waals surface area (Å²) >= 11 is 1.56. The number of thiophene rings is 1. The van der Waals surface area contributed by atoms with Crippen LogP contribution in [0.1, 0.15) is 11.1 Å². The molecule has 0 radical (unpaired) electrons. The number of nitrogens with one attached hydrogen (secondary N) is 1. The molecule has 2 aromatic carbocycles. The summed E-state index contributed by atoms with van der Waals surface area (Å²) in [4.78, 5) is 9.72. The minimum atomic E-state index is -0.243. The third-order valence-electron chi connectivity index (χ3n) is 4.30. The van der Waals surface area contributed by atoms with Crippen LogP contribution in [-0.4, -0.2) is 9.97 Å². The summed E-state index contributed by atoms with van der Waals surface area (Å²) in [6.45, 7) is 4.18. The summed E-state index contributed by atoms with van der Waals surface area (Å²) in [5.41, 5.74) is 5.41. The second-order valence-corrected chi connectivity index (χ2v) is 6.84. The Balaban J connectivity index is 1.82. The molecule has 3 nitrogen and oxygen atoms in total. The van der Waals surface area contributed by atoms with Gasteiger partial charge in [0, 0.05) is 16.6 Å². The fourth-order valence-corrected chi connectivity index (χ4v) is 3.68. The topological polar surface area (TPSA) is 37.8 Å². The molecular weight excluding hydrogens is 333 g/mol. The second-order valence-electron chi connectivity index (χ2n) is 5.98. The molecule has 0 aliphatic rings. The number of hydrogen-bond acceptors (Lipinski definition) is 4. The van der Waals surface area contributed by atoms with Crippen LogP contribution in [0.2, 0.25) is 0 Å². The summed E-state index contributed by atoms with van der Waals surface area (Å²) < 4.78 is 13.2. The van der Waals surface area contributed by atoms with Crippen molar-refractivity contribution in [2.75, 3.05) is 5.32 Å². The zero-order valence-electron chi connectivity index (χ0n) is 13.9. The molecule has 0 saturated heterocycles. The molecule has 0 aliphatic heterocycles. The molecule has 4 rings (SSSR count). The Bertz CT molecular complexity index is 1050. The van der Waals surface area contributed by atoms with Gasteiger partial charge in [-0.25, -0.2) is 14.4 Å². The summed E-state index contributed by atoms with van der Waals surface area (Å²) in [5.74, 6) is 0.516. The van der Waals surface area contributed by atoms with Crippen molar-refractivity contribution in [2.45, 2.75) is 13.8 Å². The van der Waals surface area contributed by atoms with E-state index in [9.17, 15) is 4.39 Å². The van der Waals surface area contributed by atoms with Crippen LogP contribution in [0.25, 0.3) is 21.3 Å². The van der Waals surface area contributed by atoms with Gasteiger partial charge in [-0.15, -0.1) is 11.3 Å². The van der Waals surface area contributed by atoms with Gasteiger partial charge in [0.05, 0.1) is 5.39 Å². The van der Waals surface area contributed by atoms with Crippen LogP contribution in [0.4, 0.5) is 15.9 Å². The monoisotopic (exact) mass is 349 g/mol. The van der Waals surface area contributed by atoms with Crippen LogP contribution in [0.15, 0.2) is 54.2 Å². The molecule has 0 amide bonds. The van der Waals surface area contributed by atoms with E-state index in [-0.39, 0.29) is 5.82 Å². The van der Waals surface area contributed by atoms with Gasteiger partial charge in [0.2, 0.25) is 0 Å². The Morgan fingerprint density at radius 1 is 0.960 bits per heavy atom. The summed E-state index contributed by atoms with van der Waals surface area (Å²) in [6, 6.07) is 12.7. The molecular formula is C20H16FN3S. The van der Waals surface area contributed by atoms with E-state index in [0.29, 0.717) is 0 Å². The number of fused-ring (bicyclic) bond motifs is 1. The fraction of sp³-hybridized carbons (Fsp3) is 0.100. The van der Waals surface area contributed by atoms with Crippen molar-refractivity contribution in [1.82, 2.24) is 9.97 Å². The Morgan fingerprint density at radius 3 is 2.52 bits per heavy atom. The van der Waals surface area contributed by atoms with Crippen molar-refractivity contribution in [2.24, 2.45) is 0 Å². The highest BCUT2D eigenvalue weighted by molar-refractivity contribution is 7.17. The second kappa shape index (κ2) is 6.26. The maximum atomic E-state index is 13.2. The standard InChI is InChI=1S/C20H16FN3S/c1-12-3-8-16(9-13(12)2)24-19-18-17(10-25-20(18)23-11-22-19)14-4-6-15(21)7-5-14/h3-11H,1-2H3,(H,22,23,24). The number of benzene rings is 2. The number of halogens is 1. The number of hydrogen-bond donors (Lipinski definition) is 1. The minimum Gasteiger partial charge on any atom is -0.340 e. The first-order valence-electron chi connectivity index (χ1n) is 7.94. The quantitative estimate of drug-likeness (QED) is 0.503. The van der Waals surface area contributed by atoms with Gasteiger partial charge in [-0.05, 0) is 54.8 Å². The zero-order chi connectivity index (χ0) is 17.4. The first-order chi connectivity index (χ1) is 12.1. The number of aryl methyl sites for hydroxylation is 2. The highest BCUT2D eigenvalue weighted by Crippen LogP contribution is 2.37. The first kappa shape index (κ1) is 15.7. The van der Waals surface area contributed by atoms with Crippen LogP contribution in [0.3, 0.4) is 0 Å². The maximum absolute atomic E-state index is 13.2. The van der Waals surface area contributed by atoms with E-state index in [1.807, 2.05) is 11.4 Å². The lowest BCUT2D eigenvalue weighted by Crippen LogP contribution is -1.96. The molecule has 124 valence electrons. The molecule has 2 heterocycles. The van der Waals surface area contributed by atoms with E-state index in [1.54, 1.807) is 29.8 Å². The smallest absolute Gasteiger partial charge is 0.143 e. The van der Waals surface area contributed by atoms with E-state index in [2.05, 4.69) is 41.3 Å². The van der Waals surface area contributed by atoms with Gasteiger partial charge in [-0.3, -0.25) is 0 Å². The molecule has 0 aliphatic carbocycles. The van der Waals surface area contributed by atoms with Crippen LogP contribution in [0, 0.1) is 19.7 Å². The average Bonchev–Trinajstić information content (AvgIpc) is 3.04. The number of aromatic nitrogens is 2. The Hall–Kier alpha value is -2.79. The molecule has 4 aromatic rings. The third kappa shape index (κ3) is 2.98. The molecule has 0 atom stereocenters. The predicted octanol–water partition coefficient (Wildman–Crippen LogP) is 5.86. The highest BCUT2D eigenvalue weighted by atomic mass is 32.1. The predicted molar refractivity (Wildman–Crippen MR) is 102 cm³/mol. The van der Waals surface area contributed by atoms with Gasteiger partial charge in [0.25, 0.3) is 0 Å². The van der Waals surface area contributed by atoms with Crippen LogP contribution >= 0.6 is 11.3 Å². The Labute approximate surface area is 149 Å². The van der Waals surface area contributed by atoms with E-state index in [1.165, 1.54) is 23.3 Å². The number of nitrogens with zero attached hydrogens (tertiary/aromatic N) is 2. The SMILES string of the molecule is Cc1ccc(Nc2ncnc3scc(-c4ccc(F)cc4)c23)cc1C. The molecule has 1 N–H and O–H groups in total. The summed E-state index contributed by atoms with van der Waals surface area (Å²) in [6.07, 6.45) is 1.57. The Morgan fingerprint density at radius 2 is 1.76 bits per heavy atom. The van der Waals surface area contributed by atoms with Gasteiger partial charge in [-0.1, -0.05) is 18.2 Å². The summed E-state index contributed by atoms with van der Waals surface area (Å²) in [5, 5.41) is 6.40. The van der Waals surface area contributed by atoms with E-state index >= 15 is 0 Å². The van der Waals surface area contributed by atoms with Crippen molar-refractivity contribution in [1.29, 1.82) is 0 Å². The molecule has 0 unspecified atom stereocenters. The van der Waals surface area contributed by atoms with Gasteiger partial charge in [0.1, 0.15) is 22.8 Å². The van der Waals surface area contributed by atoms with Crippen molar-refractivity contribution >= 4 is 33.1 Å². The molecule has 0 saturated carbocycles. The van der Waals surface area contributed by atoms with Crippen molar-refractivity contribution in [3.05, 3.63) is 71.1 Å². The number of rotatable bonds is 3. The zero-order valence-corrected chi connectivity index (χ0v) is 14.7. The molecule has 0 bridgehead atoms. The van der Waals surface area contributed by atoms with Gasteiger partial charge in [0.15, 0.2) is 0 Å². The van der Waals surface area contributed by atoms with E-state index in [0.717, 1.165) is 32.8 Å². The van der Waals surface area contributed by atoms with Crippen molar-refractivity contribution in [3.8, 4) is 11.1 Å². The lowest BCUT2D eigenvalue weighted by molar-refractivity contribution is 0.628. The van der Waals surface area contributed by atoms with Gasteiger partial charge in [-0.2, -0.15) is 0 Å². The highest BCUT2D eigenvalue weighted by Gasteiger charge is 2.13. The van der Waals surface area contributed by atoms with Crippen LogP contribution in [-0.2, 0) is 0 Å². The lowest BCUT2D eigenvalue weighted by Gasteiger charge is -2.10. The molecule has 2 aromatic heterocycles. The fourth-order valence-electron chi connectivity index (χ4n) is 2.77. The first-order valence-corrected chi connectivity index (χ1v) is 8.82. The molecule has 25 heavy (non-hydrogen) atoms. The van der Waals surface area contributed by atoms with E-state index in [4.69, 9.17) is 0 Å². The van der Waals surface area contributed by atoms with Crippen molar-refractivity contribution < 1.29 is 4.39 Å². The van der Waals surface area contributed by atoms with Crippen molar-refractivity contribution in [3.63, 3.8) is 0 Å². The minimum absolute atomic E-state index is 0.243. The molecule has 0 fully saturated rings. The van der Waals surface area contributed by atoms with Gasteiger partial charge >= 0.3 is 0 Å². The summed E-state index contributed by atoms with van der Waals surface area (Å²) in [7, 11) is 0. The largest absolute Gasteiger partial charge is 0.340 e. The maximum Gasteiger partial charge on any atom is 0.143 e. The van der Waals surface area contributed by atoms with Crippen LogP contribution < -0.4 is 5.32 Å². The average molecular weight is 349 g/mol. The van der Waals surface area contributed by atoms with E-state index < -0.39 is 0 Å². The molecule has 5 heteroatoms. The lowest BCUT2D eigenvalue weighted by atomic mass is 10.1.